The molecule has 1 aliphatic rings. The van der Waals surface area contributed by atoms with Gasteiger partial charge in [0.1, 0.15) is 0 Å². The Morgan fingerprint density at radius 1 is 1.14 bits per heavy atom. The first-order valence-corrected chi connectivity index (χ1v) is 11.1. The molecular weight excluding hydrogens is 372 g/mol. The minimum absolute atomic E-state index is 0.165. The van der Waals surface area contributed by atoms with E-state index in [-0.39, 0.29) is 6.04 Å². The maximum absolute atomic E-state index is 11.8. The number of rotatable bonds is 5. The lowest BCUT2D eigenvalue weighted by Gasteiger charge is -2.36. The number of sulfonamides is 1. The van der Waals surface area contributed by atoms with E-state index in [0.717, 1.165) is 28.1 Å². The highest BCUT2D eigenvalue weighted by Gasteiger charge is 2.27. The molecule has 4 rings (SSSR count). The van der Waals surface area contributed by atoms with Crippen LogP contribution in [0.4, 0.5) is 5.69 Å². The van der Waals surface area contributed by atoms with Gasteiger partial charge in [0.2, 0.25) is 10.0 Å². The summed E-state index contributed by atoms with van der Waals surface area (Å²) in [5.74, 6) is 0. The van der Waals surface area contributed by atoms with Gasteiger partial charge in [0.25, 0.3) is 0 Å². The fourth-order valence-corrected chi connectivity index (χ4v) is 4.59. The maximum atomic E-state index is 11.8. The van der Waals surface area contributed by atoms with Gasteiger partial charge in [0, 0.05) is 31.5 Å². The highest BCUT2D eigenvalue weighted by Crippen LogP contribution is 2.32. The van der Waals surface area contributed by atoms with Gasteiger partial charge in [-0.2, -0.15) is 0 Å². The molecule has 146 valence electrons. The SMILES string of the molecule is Cn1cncc1CN1CC(NS(C)(=O)=O)Cc2cc(-c3ccccc3)ccc21. The Kier molecular flexibility index (Phi) is 4.95. The van der Waals surface area contributed by atoms with E-state index in [1.165, 1.54) is 6.26 Å². The van der Waals surface area contributed by atoms with Crippen molar-refractivity contribution in [2.75, 3.05) is 17.7 Å². The Morgan fingerprint density at radius 2 is 1.93 bits per heavy atom. The lowest BCUT2D eigenvalue weighted by molar-refractivity contribution is 0.525. The number of aromatic nitrogens is 2. The second-order valence-corrected chi connectivity index (χ2v) is 9.16. The molecule has 6 nitrogen and oxygen atoms in total. The molecule has 0 aliphatic carbocycles. The predicted octanol–water partition coefficient (Wildman–Crippen LogP) is 2.57. The lowest BCUT2D eigenvalue weighted by atomic mass is 9.94. The van der Waals surface area contributed by atoms with Crippen molar-refractivity contribution < 1.29 is 8.42 Å². The molecule has 7 heteroatoms. The van der Waals surface area contributed by atoms with Crippen LogP contribution in [0.3, 0.4) is 0 Å². The molecule has 2 aromatic carbocycles. The van der Waals surface area contributed by atoms with Gasteiger partial charge >= 0.3 is 0 Å². The number of aryl methyl sites for hydroxylation is 1. The molecule has 0 fully saturated rings. The maximum Gasteiger partial charge on any atom is 0.209 e. The Morgan fingerprint density at radius 3 is 2.61 bits per heavy atom. The molecule has 2 heterocycles. The first kappa shape index (κ1) is 18.7. The third-order valence-corrected chi connectivity index (χ3v) is 5.85. The Balaban J connectivity index is 1.70. The van der Waals surface area contributed by atoms with Gasteiger partial charge in [-0.3, -0.25) is 0 Å². The molecule has 1 unspecified atom stereocenters. The van der Waals surface area contributed by atoms with Gasteiger partial charge in [-0.1, -0.05) is 36.4 Å². The first-order chi connectivity index (χ1) is 13.4. The Hall–Kier alpha value is -2.64. The minimum atomic E-state index is -3.28. The van der Waals surface area contributed by atoms with Crippen LogP contribution in [0.5, 0.6) is 0 Å². The van der Waals surface area contributed by atoms with Crippen molar-refractivity contribution in [2.45, 2.75) is 19.0 Å². The molecule has 28 heavy (non-hydrogen) atoms. The number of hydrogen-bond acceptors (Lipinski definition) is 4. The average molecular weight is 397 g/mol. The second kappa shape index (κ2) is 7.41. The van der Waals surface area contributed by atoms with Crippen LogP contribution in [-0.4, -0.2) is 36.8 Å². The van der Waals surface area contributed by atoms with Crippen LogP contribution in [0.2, 0.25) is 0 Å². The Labute approximate surface area is 165 Å². The van der Waals surface area contributed by atoms with Gasteiger partial charge in [-0.15, -0.1) is 0 Å². The molecule has 3 aromatic rings. The predicted molar refractivity (Wildman–Crippen MR) is 112 cm³/mol. The molecule has 0 saturated carbocycles. The van der Waals surface area contributed by atoms with Gasteiger partial charge in [-0.05, 0) is 35.2 Å². The zero-order valence-electron chi connectivity index (χ0n) is 16.0. The van der Waals surface area contributed by atoms with Gasteiger partial charge in [0.05, 0.1) is 24.8 Å². The summed E-state index contributed by atoms with van der Waals surface area (Å²) in [4.78, 5) is 6.43. The fourth-order valence-electron chi connectivity index (χ4n) is 3.83. The van der Waals surface area contributed by atoms with Crippen LogP contribution in [-0.2, 0) is 30.0 Å². The van der Waals surface area contributed by atoms with Gasteiger partial charge in [0.15, 0.2) is 0 Å². The number of hydrogen-bond donors (Lipinski definition) is 1. The van der Waals surface area contributed by atoms with Crippen LogP contribution in [0.15, 0.2) is 61.1 Å². The monoisotopic (exact) mass is 396 g/mol. The molecule has 0 spiro atoms. The zero-order valence-corrected chi connectivity index (χ0v) is 16.9. The topological polar surface area (TPSA) is 67.2 Å². The van der Waals surface area contributed by atoms with Crippen molar-refractivity contribution >= 4 is 15.7 Å². The largest absolute Gasteiger partial charge is 0.364 e. The summed E-state index contributed by atoms with van der Waals surface area (Å²) >= 11 is 0. The van der Waals surface area contributed by atoms with Crippen molar-refractivity contribution in [3.63, 3.8) is 0 Å². The molecule has 0 saturated heterocycles. The molecule has 1 atom stereocenters. The third-order valence-electron chi connectivity index (χ3n) is 5.08. The number of benzene rings is 2. The molecule has 1 aromatic heterocycles. The van der Waals surface area contributed by atoms with Crippen LogP contribution >= 0.6 is 0 Å². The van der Waals surface area contributed by atoms with Gasteiger partial charge < -0.3 is 9.47 Å². The van der Waals surface area contributed by atoms with Crippen molar-refractivity contribution in [1.29, 1.82) is 0 Å². The summed E-state index contributed by atoms with van der Waals surface area (Å²) in [5.41, 5.74) is 5.67. The minimum Gasteiger partial charge on any atom is -0.364 e. The van der Waals surface area contributed by atoms with E-state index in [9.17, 15) is 8.42 Å². The summed E-state index contributed by atoms with van der Waals surface area (Å²) in [6.07, 6.45) is 5.52. The van der Waals surface area contributed by atoms with E-state index < -0.39 is 10.0 Å². The van der Waals surface area contributed by atoms with E-state index in [1.807, 2.05) is 36.0 Å². The summed E-state index contributed by atoms with van der Waals surface area (Å²) in [6.45, 7) is 1.30. The van der Waals surface area contributed by atoms with Crippen molar-refractivity contribution in [1.82, 2.24) is 14.3 Å². The average Bonchev–Trinajstić information content (AvgIpc) is 3.05. The summed E-state index contributed by atoms with van der Waals surface area (Å²) in [6, 6.07) is 16.5. The Bertz CT molecular complexity index is 1080. The fraction of sp³-hybridized carbons (Fsp3) is 0.286. The van der Waals surface area contributed by atoms with E-state index in [4.69, 9.17) is 0 Å². The highest BCUT2D eigenvalue weighted by atomic mass is 32.2. The van der Waals surface area contributed by atoms with Crippen molar-refractivity contribution in [3.8, 4) is 11.1 Å². The number of nitrogens with zero attached hydrogens (tertiary/aromatic N) is 3. The van der Waals surface area contributed by atoms with E-state index >= 15 is 0 Å². The molecule has 0 radical (unpaired) electrons. The number of anilines is 1. The molecule has 0 amide bonds. The van der Waals surface area contributed by atoms with E-state index in [2.05, 4.69) is 44.9 Å². The number of imidazole rings is 1. The summed E-state index contributed by atoms with van der Waals surface area (Å²) < 4.78 is 28.5. The molecule has 1 aliphatic heterocycles. The number of fused-ring (bicyclic) bond motifs is 1. The van der Waals surface area contributed by atoms with Crippen molar-refractivity contribution in [2.24, 2.45) is 7.05 Å². The normalized spacial score (nSPS) is 16.8. The zero-order chi connectivity index (χ0) is 19.7. The summed E-state index contributed by atoms with van der Waals surface area (Å²) in [7, 11) is -1.31. The summed E-state index contributed by atoms with van der Waals surface area (Å²) in [5, 5.41) is 0. The second-order valence-electron chi connectivity index (χ2n) is 7.38. The van der Waals surface area contributed by atoms with Crippen LogP contribution in [0, 0.1) is 0 Å². The van der Waals surface area contributed by atoms with Crippen LogP contribution < -0.4 is 9.62 Å². The smallest absolute Gasteiger partial charge is 0.209 e. The van der Waals surface area contributed by atoms with Crippen LogP contribution in [0.1, 0.15) is 11.3 Å². The standard InChI is InChI=1S/C21H24N4O2S/c1-24-15-22-12-20(24)14-25-13-19(23-28(2,26)27)11-18-10-17(8-9-21(18)25)16-6-4-3-5-7-16/h3-10,12,15,19,23H,11,13-14H2,1-2H3. The molecular formula is C21H24N4O2S. The van der Waals surface area contributed by atoms with E-state index in [1.54, 1.807) is 6.33 Å². The van der Waals surface area contributed by atoms with Crippen molar-refractivity contribution in [3.05, 3.63) is 72.3 Å². The third kappa shape index (κ3) is 4.10. The molecule has 1 N–H and O–H groups in total. The number of nitrogens with one attached hydrogen (secondary N) is 1. The van der Waals surface area contributed by atoms with E-state index in [0.29, 0.717) is 19.5 Å². The molecule has 0 bridgehead atoms. The quantitative estimate of drug-likeness (QED) is 0.720. The first-order valence-electron chi connectivity index (χ1n) is 9.25. The van der Waals surface area contributed by atoms with Crippen LogP contribution in [0.25, 0.3) is 11.1 Å². The highest BCUT2D eigenvalue weighted by molar-refractivity contribution is 7.88. The lowest BCUT2D eigenvalue weighted by Crippen LogP contribution is -2.47. The van der Waals surface area contributed by atoms with Gasteiger partial charge in [-0.25, -0.2) is 18.1 Å².